The average molecular weight is 533 g/mol. The summed E-state index contributed by atoms with van der Waals surface area (Å²) < 4.78 is 0. The van der Waals surface area contributed by atoms with Crippen LogP contribution in [0.4, 0.5) is 11.4 Å². The summed E-state index contributed by atoms with van der Waals surface area (Å²) in [6.45, 7) is 3.97. The molecule has 5 rings (SSSR count). The lowest BCUT2D eigenvalue weighted by atomic mass is 9.92. The number of hydrogen-bond acceptors (Lipinski definition) is 5. The number of nitrogens with one attached hydrogen (secondary N) is 2. The molecule has 3 N–H and O–H groups in total. The van der Waals surface area contributed by atoms with Crippen molar-refractivity contribution in [3.63, 3.8) is 0 Å². The molecule has 2 amide bonds. The SMILES string of the molecule is CC(=O)c1cc2cc(C(=O)N3C[C@@H](CCl)c4c3cc(O)c3cccc(C)c43)[nH]c2cc1NC(=O)CN(C)C. The number of rotatable bonds is 6. The van der Waals surface area contributed by atoms with Crippen LogP contribution in [0.15, 0.2) is 42.5 Å². The van der Waals surface area contributed by atoms with Gasteiger partial charge < -0.3 is 25.2 Å². The Kier molecular flexibility index (Phi) is 6.63. The van der Waals surface area contributed by atoms with E-state index in [0.29, 0.717) is 46.0 Å². The normalized spacial score (nSPS) is 14.9. The molecule has 38 heavy (non-hydrogen) atoms. The number of likely N-dealkylation sites (N-methyl/N-ethyl adjacent to an activating group) is 1. The number of phenolic OH excluding ortho intramolecular Hbond substituents is 1. The molecule has 0 aliphatic carbocycles. The highest BCUT2D eigenvalue weighted by atomic mass is 35.5. The molecule has 0 fully saturated rings. The van der Waals surface area contributed by atoms with Crippen LogP contribution in [-0.4, -0.2) is 65.7 Å². The number of H-pyrrole nitrogens is 1. The number of ketones is 1. The van der Waals surface area contributed by atoms with Gasteiger partial charge in [0, 0.05) is 46.3 Å². The van der Waals surface area contributed by atoms with Crippen molar-refractivity contribution in [1.29, 1.82) is 0 Å². The van der Waals surface area contributed by atoms with Gasteiger partial charge in [0.15, 0.2) is 5.78 Å². The molecular weight excluding hydrogens is 504 g/mol. The third-order valence-corrected chi connectivity index (χ3v) is 7.38. The Balaban J connectivity index is 1.56. The van der Waals surface area contributed by atoms with Crippen LogP contribution in [0.2, 0.25) is 0 Å². The van der Waals surface area contributed by atoms with Crippen LogP contribution in [-0.2, 0) is 4.79 Å². The van der Waals surface area contributed by atoms with Gasteiger partial charge in [-0.25, -0.2) is 0 Å². The van der Waals surface area contributed by atoms with E-state index in [2.05, 4.69) is 10.3 Å². The number of aromatic nitrogens is 1. The molecule has 1 aliphatic rings. The zero-order chi connectivity index (χ0) is 27.3. The summed E-state index contributed by atoms with van der Waals surface area (Å²) in [7, 11) is 3.57. The number of aromatic amines is 1. The number of benzene rings is 3. The minimum atomic E-state index is -0.273. The van der Waals surface area contributed by atoms with Crippen LogP contribution < -0.4 is 10.2 Å². The molecule has 3 aromatic carbocycles. The molecule has 196 valence electrons. The molecule has 0 radical (unpaired) electrons. The Hall–Kier alpha value is -3.88. The topological polar surface area (TPSA) is 106 Å². The second kappa shape index (κ2) is 9.78. The van der Waals surface area contributed by atoms with E-state index in [4.69, 9.17) is 11.6 Å². The number of hydrogen-bond donors (Lipinski definition) is 3. The first-order valence-electron chi connectivity index (χ1n) is 12.3. The number of aromatic hydroxyl groups is 1. The first kappa shape index (κ1) is 25.8. The maximum atomic E-state index is 13.8. The number of nitrogens with zero attached hydrogens (tertiary/aromatic N) is 2. The van der Waals surface area contributed by atoms with Gasteiger partial charge in [-0.1, -0.05) is 18.2 Å². The molecule has 8 nitrogen and oxygen atoms in total. The lowest BCUT2D eigenvalue weighted by molar-refractivity contribution is -0.116. The molecule has 0 saturated carbocycles. The summed E-state index contributed by atoms with van der Waals surface area (Å²) in [6.07, 6.45) is 0. The van der Waals surface area contributed by atoms with E-state index in [1.807, 2.05) is 25.1 Å². The molecule has 1 aliphatic heterocycles. The van der Waals surface area contributed by atoms with Crippen LogP contribution in [0.3, 0.4) is 0 Å². The minimum Gasteiger partial charge on any atom is -0.507 e. The summed E-state index contributed by atoms with van der Waals surface area (Å²) in [6, 6.07) is 12.4. The Labute approximate surface area is 225 Å². The van der Waals surface area contributed by atoms with E-state index in [-0.39, 0.29) is 35.8 Å². The fourth-order valence-electron chi connectivity index (χ4n) is 5.33. The number of Topliss-reactive ketones (excluding diaryl/α,β-unsaturated/α-hetero) is 1. The van der Waals surface area contributed by atoms with Crippen LogP contribution in [0, 0.1) is 6.92 Å². The molecule has 0 unspecified atom stereocenters. The third kappa shape index (κ3) is 4.40. The van der Waals surface area contributed by atoms with Crippen LogP contribution >= 0.6 is 11.6 Å². The van der Waals surface area contributed by atoms with E-state index >= 15 is 0 Å². The quantitative estimate of drug-likeness (QED) is 0.239. The maximum Gasteiger partial charge on any atom is 0.274 e. The second-order valence-corrected chi connectivity index (χ2v) is 10.4. The van der Waals surface area contributed by atoms with Crippen molar-refractivity contribution in [3.05, 3.63) is 64.8 Å². The molecule has 1 aromatic heterocycles. The predicted octanol–water partition coefficient (Wildman–Crippen LogP) is 5.02. The van der Waals surface area contributed by atoms with E-state index < -0.39 is 0 Å². The summed E-state index contributed by atoms with van der Waals surface area (Å²) in [4.78, 5) is 45.1. The zero-order valence-electron chi connectivity index (χ0n) is 21.7. The van der Waals surface area contributed by atoms with E-state index in [1.165, 1.54) is 6.92 Å². The van der Waals surface area contributed by atoms with Gasteiger partial charge in [0.05, 0.1) is 17.9 Å². The summed E-state index contributed by atoms with van der Waals surface area (Å²) >= 11 is 6.37. The average Bonchev–Trinajstić information content (AvgIpc) is 3.43. The van der Waals surface area contributed by atoms with Crippen molar-refractivity contribution in [1.82, 2.24) is 9.88 Å². The van der Waals surface area contributed by atoms with Gasteiger partial charge in [-0.3, -0.25) is 14.4 Å². The number of alkyl halides is 1. The number of halogens is 1. The second-order valence-electron chi connectivity index (χ2n) is 10.1. The number of anilines is 2. The third-order valence-electron chi connectivity index (χ3n) is 7.00. The Morgan fingerprint density at radius 3 is 2.63 bits per heavy atom. The van der Waals surface area contributed by atoms with Crippen molar-refractivity contribution in [2.45, 2.75) is 19.8 Å². The van der Waals surface area contributed by atoms with Gasteiger partial charge >= 0.3 is 0 Å². The number of aryl methyl sites for hydroxylation is 1. The maximum absolute atomic E-state index is 13.8. The highest BCUT2D eigenvalue weighted by molar-refractivity contribution is 6.19. The number of carbonyl (C=O) groups is 3. The summed E-state index contributed by atoms with van der Waals surface area (Å²) in [5.74, 6) is -0.372. The van der Waals surface area contributed by atoms with E-state index in [9.17, 15) is 19.5 Å². The zero-order valence-corrected chi connectivity index (χ0v) is 22.4. The van der Waals surface area contributed by atoms with E-state index in [0.717, 1.165) is 21.9 Å². The smallest absolute Gasteiger partial charge is 0.274 e. The van der Waals surface area contributed by atoms with Crippen LogP contribution in [0.25, 0.3) is 21.7 Å². The number of fused-ring (bicyclic) bond motifs is 4. The molecule has 0 saturated heterocycles. The van der Waals surface area contributed by atoms with Gasteiger partial charge in [-0.05, 0) is 62.7 Å². The van der Waals surface area contributed by atoms with Crippen LogP contribution in [0.1, 0.15) is 44.8 Å². The monoisotopic (exact) mass is 532 g/mol. The first-order valence-corrected chi connectivity index (χ1v) is 12.9. The molecule has 9 heteroatoms. The van der Waals surface area contributed by atoms with Crippen molar-refractivity contribution >= 4 is 62.2 Å². The fraction of sp³-hybridized carbons (Fsp3) is 0.276. The molecule has 4 aromatic rings. The fourth-order valence-corrected chi connectivity index (χ4v) is 5.58. The lowest BCUT2D eigenvalue weighted by Gasteiger charge is -2.18. The summed E-state index contributed by atoms with van der Waals surface area (Å²) in [5.41, 5.74) is 4.30. The highest BCUT2D eigenvalue weighted by Gasteiger charge is 2.36. The van der Waals surface area contributed by atoms with Crippen molar-refractivity contribution in [3.8, 4) is 5.75 Å². The van der Waals surface area contributed by atoms with Gasteiger partial charge in [-0.15, -0.1) is 11.6 Å². The van der Waals surface area contributed by atoms with Crippen molar-refractivity contribution in [2.24, 2.45) is 0 Å². The highest BCUT2D eigenvalue weighted by Crippen LogP contribution is 2.46. The van der Waals surface area contributed by atoms with Gasteiger partial charge in [0.25, 0.3) is 5.91 Å². The number of phenols is 1. The van der Waals surface area contributed by atoms with Gasteiger partial charge in [0.2, 0.25) is 5.91 Å². The Morgan fingerprint density at radius 1 is 1.18 bits per heavy atom. The largest absolute Gasteiger partial charge is 0.507 e. The van der Waals surface area contributed by atoms with Crippen molar-refractivity contribution in [2.75, 3.05) is 43.3 Å². The Bertz CT molecular complexity index is 1620. The molecular formula is C29H29ClN4O4. The summed E-state index contributed by atoms with van der Waals surface area (Å²) in [5, 5.41) is 15.9. The Morgan fingerprint density at radius 2 is 1.95 bits per heavy atom. The molecule has 2 heterocycles. The number of carbonyl (C=O) groups excluding carboxylic acids is 3. The number of amides is 2. The standard InChI is InChI=1S/C29H29ClN4O4/c1-15-6-5-7-19-25(36)11-24-28(27(15)19)18(12-30)13-34(24)29(38)23-9-17-8-20(16(2)35)22(10-21(17)31-23)32-26(37)14-33(3)4/h5-11,18,31,36H,12-14H2,1-4H3,(H,32,37)/t18-/m1/s1. The molecule has 0 spiro atoms. The van der Waals surface area contributed by atoms with E-state index in [1.54, 1.807) is 48.2 Å². The lowest BCUT2D eigenvalue weighted by Crippen LogP contribution is -2.30. The van der Waals surface area contributed by atoms with Crippen molar-refractivity contribution < 1.29 is 19.5 Å². The predicted molar refractivity (Wildman–Crippen MR) is 151 cm³/mol. The molecule has 1 atom stereocenters. The minimum absolute atomic E-state index is 0.0907. The van der Waals surface area contributed by atoms with Crippen LogP contribution in [0.5, 0.6) is 5.75 Å². The van der Waals surface area contributed by atoms with Gasteiger partial charge in [-0.2, -0.15) is 0 Å². The first-order chi connectivity index (χ1) is 18.1. The molecule has 0 bridgehead atoms. The van der Waals surface area contributed by atoms with Gasteiger partial charge in [0.1, 0.15) is 11.4 Å².